The summed E-state index contributed by atoms with van der Waals surface area (Å²) in [5.74, 6) is 0.0193. The van der Waals surface area contributed by atoms with Crippen LogP contribution in [0.5, 0.6) is 11.6 Å². The topological polar surface area (TPSA) is 70.1 Å². The van der Waals surface area contributed by atoms with Crippen LogP contribution in [-0.2, 0) is 12.7 Å². The van der Waals surface area contributed by atoms with Crippen LogP contribution in [0.4, 0.5) is 13.2 Å². The van der Waals surface area contributed by atoms with Crippen molar-refractivity contribution in [2.75, 3.05) is 0 Å². The van der Waals surface area contributed by atoms with Crippen molar-refractivity contribution in [3.63, 3.8) is 0 Å². The Bertz CT molecular complexity index is 984. The smallest absolute Gasteiger partial charge is 0.433 e. The van der Waals surface area contributed by atoms with E-state index in [0.717, 1.165) is 6.07 Å². The van der Waals surface area contributed by atoms with Crippen LogP contribution in [-0.4, -0.2) is 9.55 Å². The summed E-state index contributed by atoms with van der Waals surface area (Å²) in [5, 5.41) is 0. The largest absolute Gasteiger partial charge is 0.439 e. The molecule has 3 rings (SSSR count). The zero-order valence-corrected chi connectivity index (χ0v) is 13.4. The first-order valence-corrected chi connectivity index (χ1v) is 7.61. The van der Waals surface area contributed by atoms with Gasteiger partial charge in [-0.05, 0) is 29.8 Å². The molecule has 8 heteroatoms. The zero-order valence-electron chi connectivity index (χ0n) is 13.4. The molecule has 0 aliphatic rings. The van der Waals surface area contributed by atoms with Crippen molar-refractivity contribution in [2.45, 2.75) is 12.7 Å². The van der Waals surface area contributed by atoms with Gasteiger partial charge in [0.25, 0.3) is 5.56 Å². The second kappa shape index (κ2) is 7.01. The van der Waals surface area contributed by atoms with Crippen LogP contribution in [0.1, 0.15) is 11.3 Å². The van der Waals surface area contributed by atoms with Gasteiger partial charge in [0.2, 0.25) is 5.88 Å². The molecule has 3 aromatic rings. The lowest BCUT2D eigenvalue weighted by molar-refractivity contribution is -0.141. The van der Waals surface area contributed by atoms with Crippen molar-refractivity contribution in [3.05, 3.63) is 82.4 Å². The highest BCUT2D eigenvalue weighted by Crippen LogP contribution is 2.31. The summed E-state index contributed by atoms with van der Waals surface area (Å²) in [7, 11) is 0. The molecule has 0 saturated carbocycles. The van der Waals surface area contributed by atoms with Gasteiger partial charge in [0.1, 0.15) is 11.4 Å². The standard InChI is InChI=1S/C18H14F3N3O2/c19-18(20,21)15-8-12(11-22)9-16(23-15)26-14-5-3-4-13(10-14)24-7-2-1-6-17(24)25/h1-10H,11,22H2. The summed E-state index contributed by atoms with van der Waals surface area (Å²) >= 11 is 0. The van der Waals surface area contributed by atoms with Gasteiger partial charge in [-0.25, -0.2) is 4.98 Å². The number of nitrogens with two attached hydrogens (primary N) is 1. The number of ether oxygens (including phenoxy) is 1. The molecule has 5 nitrogen and oxygen atoms in total. The van der Waals surface area contributed by atoms with Crippen molar-refractivity contribution in [3.8, 4) is 17.3 Å². The van der Waals surface area contributed by atoms with Gasteiger partial charge in [0.05, 0.1) is 5.69 Å². The second-order valence-electron chi connectivity index (χ2n) is 5.41. The predicted octanol–water partition coefficient (Wildman–Crippen LogP) is 3.50. The first kappa shape index (κ1) is 17.7. The molecule has 2 N–H and O–H groups in total. The molecule has 0 fully saturated rings. The molecule has 0 spiro atoms. The van der Waals surface area contributed by atoms with E-state index in [4.69, 9.17) is 10.5 Å². The van der Waals surface area contributed by atoms with Gasteiger partial charge in [-0.3, -0.25) is 9.36 Å². The number of nitrogens with zero attached hydrogens (tertiary/aromatic N) is 2. The molecule has 0 unspecified atom stereocenters. The van der Waals surface area contributed by atoms with Gasteiger partial charge >= 0.3 is 6.18 Å². The minimum Gasteiger partial charge on any atom is -0.439 e. The zero-order chi connectivity index (χ0) is 18.7. The van der Waals surface area contributed by atoms with Crippen molar-refractivity contribution in [1.82, 2.24) is 9.55 Å². The van der Waals surface area contributed by atoms with E-state index >= 15 is 0 Å². The summed E-state index contributed by atoms with van der Waals surface area (Å²) in [5.41, 5.74) is 4.89. The number of hydrogen-bond donors (Lipinski definition) is 1. The van der Waals surface area contributed by atoms with E-state index in [0.29, 0.717) is 5.69 Å². The molecule has 0 atom stereocenters. The predicted molar refractivity (Wildman–Crippen MR) is 89.2 cm³/mol. The maximum absolute atomic E-state index is 13.0. The molecule has 0 bridgehead atoms. The molecule has 0 aliphatic heterocycles. The fourth-order valence-electron chi connectivity index (χ4n) is 2.33. The lowest BCUT2D eigenvalue weighted by Crippen LogP contribution is -2.15. The Labute approximate surface area is 146 Å². The average molecular weight is 361 g/mol. The number of benzene rings is 1. The van der Waals surface area contributed by atoms with E-state index < -0.39 is 11.9 Å². The molecule has 26 heavy (non-hydrogen) atoms. The molecule has 134 valence electrons. The maximum atomic E-state index is 13.0. The SMILES string of the molecule is NCc1cc(Oc2cccc(-n3ccccc3=O)c2)nc(C(F)(F)F)c1. The van der Waals surface area contributed by atoms with Crippen LogP contribution < -0.4 is 16.0 Å². The third kappa shape index (κ3) is 3.92. The third-order valence-corrected chi connectivity index (χ3v) is 3.53. The van der Waals surface area contributed by atoms with Crippen molar-refractivity contribution in [2.24, 2.45) is 5.73 Å². The first-order chi connectivity index (χ1) is 12.4. The highest BCUT2D eigenvalue weighted by molar-refractivity contribution is 5.41. The molecule has 0 amide bonds. The first-order valence-electron chi connectivity index (χ1n) is 7.61. The number of aromatic nitrogens is 2. The summed E-state index contributed by atoms with van der Waals surface area (Å²) < 4.78 is 45.7. The van der Waals surface area contributed by atoms with E-state index in [-0.39, 0.29) is 29.3 Å². The number of pyridine rings is 2. The van der Waals surface area contributed by atoms with Gasteiger partial charge in [-0.15, -0.1) is 0 Å². The molecule has 0 aliphatic carbocycles. The highest BCUT2D eigenvalue weighted by Gasteiger charge is 2.33. The van der Waals surface area contributed by atoms with Crippen LogP contribution >= 0.6 is 0 Å². The molecule has 2 aromatic heterocycles. The number of alkyl halides is 3. The summed E-state index contributed by atoms with van der Waals surface area (Å²) in [6.07, 6.45) is -3.03. The lowest BCUT2D eigenvalue weighted by Gasteiger charge is -2.12. The summed E-state index contributed by atoms with van der Waals surface area (Å²) in [4.78, 5) is 15.4. The third-order valence-electron chi connectivity index (χ3n) is 3.53. The highest BCUT2D eigenvalue weighted by atomic mass is 19.4. The Morgan fingerprint density at radius 3 is 2.58 bits per heavy atom. The van der Waals surface area contributed by atoms with E-state index in [2.05, 4.69) is 4.98 Å². The summed E-state index contributed by atoms with van der Waals surface area (Å²) in [6, 6.07) is 13.3. The maximum Gasteiger partial charge on any atom is 0.433 e. The van der Waals surface area contributed by atoms with Crippen LogP contribution in [0.2, 0.25) is 0 Å². The van der Waals surface area contributed by atoms with Gasteiger partial charge < -0.3 is 10.5 Å². The monoisotopic (exact) mass is 361 g/mol. The van der Waals surface area contributed by atoms with Gasteiger partial charge in [-0.1, -0.05) is 12.1 Å². The van der Waals surface area contributed by atoms with E-state index in [1.807, 2.05) is 0 Å². The molecule has 1 aromatic carbocycles. The lowest BCUT2D eigenvalue weighted by atomic mass is 10.2. The molecular weight excluding hydrogens is 347 g/mol. The Kier molecular flexibility index (Phi) is 4.77. The van der Waals surface area contributed by atoms with Gasteiger partial charge in [0, 0.05) is 30.9 Å². The normalized spacial score (nSPS) is 11.4. The molecule has 2 heterocycles. The quantitative estimate of drug-likeness (QED) is 0.772. The number of hydrogen-bond acceptors (Lipinski definition) is 4. The Morgan fingerprint density at radius 2 is 1.88 bits per heavy atom. The number of halogens is 3. The Morgan fingerprint density at radius 1 is 1.08 bits per heavy atom. The van der Waals surface area contributed by atoms with Gasteiger partial charge in [0.15, 0.2) is 0 Å². The van der Waals surface area contributed by atoms with Crippen LogP contribution in [0.25, 0.3) is 5.69 Å². The second-order valence-corrected chi connectivity index (χ2v) is 5.41. The minimum atomic E-state index is -4.61. The Hall–Kier alpha value is -3.13. The van der Waals surface area contributed by atoms with Crippen LogP contribution in [0.15, 0.2) is 65.6 Å². The molecule has 0 saturated heterocycles. The van der Waals surface area contributed by atoms with Crippen molar-refractivity contribution < 1.29 is 17.9 Å². The van der Waals surface area contributed by atoms with Crippen molar-refractivity contribution >= 4 is 0 Å². The van der Waals surface area contributed by atoms with Crippen LogP contribution in [0, 0.1) is 0 Å². The number of rotatable bonds is 4. The fourth-order valence-corrected chi connectivity index (χ4v) is 2.33. The average Bonchev–Trinajstić information content (AvgIpc) is 2.61. The van der Waals surface area contributed by atoms with E-state index in [1.54, 1.807) is 36.5 Å². The van der Waals surface area contributed by atoms with E-state index in [1.165, 1.54) is 22.8 Å². The molecular formula is C18H14F3N3O2. The molecule has 0 radical (unpaired) electrons. The Balaban J connectivity index is 1.96. The fraction of sp³-hybridized carbons (Fsp3) is 0.111. The van der Waals surface area contributed by atoms with Gasteiger partial charge in [-0.2, -0.15) is 13.2 Å². The minimum absolute atomic E-state index is 0.0819. The van der Waals surface area contributed by atoms with Crippen molar-refractivity contribution in [1.29, 1.82) is 0 Å². The summed E-state index contributed by atoms with van der Waals surface area (Å²) in [6.45, 7) is -0.0819. The van der Waals surface area contributed by atoms with Crippen LogP contribution in [0.3, 0.4) is 0 Å². The van der Waals surface area contributed by atoms with E-state index in [9.17, 15) is 18.0 Å².